The Hall–Kier alpha value is -3.23. The average Bonchev–Trinajstić information content (AvgIpc) is 2.84. The molecule has 1 atom stereocenters. The van der Waals surface area contributed by atoms with Gasteiger partial charge < -0.3 is 19.9 Å². The van der Waals surface area contributed by atoms with Crippen LogP contribution in [0, 0.1) is 0 Å². The fraction of sp³-hybridized carbons (Fsp3) is 0.423. The van der Waals surface area contributed by atoms with Crippen molar-refractivity contribution in [2.24, 2.45) is 0 Å². The average molecular weight is 461 g/mol. The highest BCUT2D eigenvalue weighted by Gasteiger charge is 2.29. The highest BCUT2D eigenvalue weighted by atomic mass is 16.5. The van der Waals surface area contributed by atoms with Crippen molar-refractivity contribution in [3.05, 3.63) is 64.1 Å². The van der Waals surface area contributed by atoms with Crippen LogP contribution in [0.5, 0.6) is 0 Å². The van der Waals surface area contributed by atoms with Crippen LogP contribution in [0.2, 0.25) is 0 Å². The van der Waals surface area contributed by atoms with Crippen LogP contribution in [-0.4, -0.2) is 58.2 Å². The number of anilines is 3. The van der Waals surface area contributed by atoms with Crippen LogP contribution in [0.25, 0.3) is 11.4 Å². The minimum absolute atomic E-state index is 0.135. The Morgan fingerprint density at radius 3 is 2.68 bits per heavy atom. The van der Waals surface area contributed by atoms with Gasteiger partial charge in [0.15, 0.2) is 5.82 Å². The predicted octanol–water partition coefficient (Wildman–Crippen LogP) is 3.57. The third kappa shape index (κ3) is 4.69. The quantitative estimate of drug-likeness (QED) is 0.602. The van der Waals surface area contributed by atoms with Gasteiger partial charge in [0.1, 0.15) is 11.6 Å². The monoisotopic (exact) mass is 460 g/mol. The zero-order valence-corrected chi connectivity index (χ0v) is 20.0. The Morgan fingerprint density at radius 1 is 1.12 bits per heavy atom. The number of H-pyrrole nitrogens is 1. The van der Waals surface area contributed by atoms with Crippen molar-refractivity contribution in [3.63, 3.8) is 0 Å². The Kier molecular flexibility index (Phi) is 6.34. The number of fused-ring (bicyclic) bond motifs is 1. The number of aromatic amines is 1. The summed E-state index contributed by atoms with van der Waals surface area (Å²) in [5.74, 6) is 2.46. The molecule has 2 N–H and O–H groups in total. The standard InChI is InChI=1S/C26H32N6O2/c1-17(2)31-12-11-21-22(15-31)28-25(30-26(21)32-13-14-34-16-18(32)3)19-7-9-20(10-8-19)27-23-5-4-6-24(33)29-23/h4-10,17-18H,11-16H2,1-3H3,(H2,27,29,33). The molecule has 8 heteroatoms. The molecule has 0 spiro atoms. The lowest BCUT2D eigenvalue weighted by molar-refractivity contribution is 0.0983. The summed E-state index contributed by atoms with van der Waals surface area (Å²) < 4.78 is 5.69. The van der Waals surface area contributed by atoms with Gasteiger partial charge in [-0.1, -0.05) is 6.07 Å². The Balaban J connectivity index is 1.49. The fourth-order valence-corrected chi connectivity index (χ4v) is 4.66. The summed E-state index contributed by atoms with van der Waals surface area (Å²) in [7, 11) is 0. The van der Waals surface area contributed by atoms with E-state index in [2.05, 4.69) is 40.9 Å². The minimum Gasteiger partial charge on any atom is -0.377 e. The van der Waals surface area contributed by atoms with Gasteiger partial charge in [-0.3, -0.25) is 9.69 Å². The molecule has 1 saturated heterocycles. The Morgan fingerprint density at radius 2 is 1.94 bits per heavy atom. The van der Waals surface area contributed by atoms with E-state index in [1.807, 2.05) is 30.3 Å². The van der Waals surface area contributed by atoms with Crippen LogP contribution in [0.15, 0.2) is 47.3 Å². The van der Waals surface area contributed by atoms with E-state index in [4.69, 9.17) is 14.7 Å². The lowest BCUT2D eigenvalue weighted by Gasteiger charge is -2.38. The van der Waals surface area contributed by atoms with Crippen molar-refractivity contribution in [2.75, 3.05) is 36.5 Å². The van der Waals surface area contributed by atoms with Gasteiger partial charge in [0.25, 0.3) is 0 Å². The van der Waals surface area contributed by atoms with Gasteiger partial charge >= 0.3 is 0 Å². The van der Waals surface area contributed by atoms with Crippen molar-refractivity contribution in [2.45, 2.75) is 45.8 Å². The normalized spacial score (nSPS) is 18.7. The largest absolute Gasteiger partial charge is 0.377 e. The topological polar surface area (TPSA) is 86.4 Å². The zero-order valence-electron chi connectivity index (χ0n) is 20.0. The van der Waals surface area contributed by atoms with Crippen LogP contribution >= 0.6 is 0 Å². The fourth-order valence-electron chi connectivity index (χ4n) is 4.66. The smallest absolute Gasteiger partial charge is 0.249 e. The Labute approximate surface area is 200 Å². The number of hydrogen-bond donors (Lipinski definition) is 2. The third-order valence-electron chi connectivity index (χ3n) is 6.63. The van der Waals surface area contributed by atoms with E-state index in [1.165, 1.54) is 11.6 Å². The molecule has 1 aromatic carbocycles. The second-order valence-corrected chi connectivity index (χ2v) is 9.36. The molecule has 0 bridgehead atoms. The van der Waals surface area contributed by atoms with Gasteiger partial charge in [0, 0.05) is 48.6 Å². The number of hydrogen-bond acceptors (Lipinski definition) is 7. The zero-order chi connectivity index (χ0) is 23.7. The van der Waals surface area contributed by atoms with Gasteiger partial charge in [-0.25, -0.2) is 9.97 Å². The molecule has 0 aliphatic carbocycles. The van der Waals surface area contributed by atoms with Gasteiger partial charge in [0.05, 0.1) is 24.9 Å². The van der Waals surface area contributed by atoms with Crippen LogP contribution in [-0.2, 0) is 17.7 Å². The number of pyridine rings is 1. The van der Waals surface area contributed by atoms with E-state index in [0.29, 0.717) is 18.5 Å². The molecule has 2 aliphatic rings. The van der Waals surface area contributed by atoms with Crippen LogP contribution in [0.4, 0.5) is 17.3 Å². The summed E-state index contributed by atoms with van der Waals surface area (Å²) in [5.41, 5.74) is 4.13. The van der Waals surface area contributed by atoms with E-state index >= 15 is 0 Å². The van der Waals surface area contributed by atoms with E-state index in [0.717, 1.165) is 61.2 Å². The number of aromatic nitrogens is 3. The number of ether oxygens (including phenoxy) is 1. The second-order valence-electron chi connectivity index (χ2n) is 9.36. The molecule has 0 radical (unpaired) electrons. The SMILES string of the molecule is CC(C)N1CCc2c(nc(-c3ccc(Nc4cccc(=O)[nH]4)cc3)nc2N2CCOCC2C)C1. The molecule has 3 aromatic rings. The van der Waals surface area contributed by atoms with Crippen molar-refractivity contribution >= 4 is 17.3 Å². The molecule has 1 fully saturated rings. The van der Waals surface area contributed by atoms with Gasteiger partial charge in [-0.05, 0) is 57.5 Å². The highest BCUT2D eigenvalue weighted by molar-refractivity contribution is 5.65. The van der Waals surface area contributed by atoms with Gasteiger partial charge in [0.2, 0.25) is 5.56 Å². The molecule has 5 rings (SSSR count). The molecule has 1 unspecified atom stereocenters. The predicted molar refractivity (Wildman–Crippen MR) is 135 cm³/mol. The van der Waals surface area contributed by atoms with Crippen LogP contribution in [0.1, 0.15) is 32.0 Å². The lowest BCUT2D eigenvalue weighted by Crippen LogP contribution is -2.45. The number of nitrogens with one attached hydrogen (secondary N) is 2. The lowest BCUT2D eigenvalue weighted by atomic mass is 10.0. The molecule has 2 aliphatic heterocycles. The summed E-state index contributed by atoms with van der Waals surface area (Å²) in [6.07, 6.45) is 0.964. The van der Waals surface area contributed by atoms with E-state index in [-0.39, 0.29) is 11.6 Å². The maximum atomic E-state index is 11.6. The van der Waals surface area contributed by atoms with E-state index < -0.39 is 0 Å². The van der Waals surface area contributed by atoms with Crippen molar-refractivity contribution in [3.8, 4) is 11.4 Å². The van der Waals surface area contributed by atoms with Crippen molar-refractivity contribution in [1.29, 1.82) is 0 Å². The third-order valence-corrected chi connectivity index (χ3v) is 6.63. The summed E-state index contributed by atoms with van der Waals surface area (Å²) in [6.45, 7) is 10.8. The first-order valence-electron chi connectivity index (χ1n) is 12.0. The van der Waals surface area contributed by atoms with Gasteiger partial charge in [-0.2, -0.15) is 0 Å². The summed E-state index contributed by atoms with van der Waals surface area (Å²) in [5, 5.41) is 3.24. The van der Waals surface area contributed by atoms with E-state index in [1.54, 1.807) is 6.07 Å². The Bertz CT molecular complexity index is 1210. The van der Waals surface area contributed by atoms with Gasteiger partial charge in [-0.15, -0.1) is 0 Å². The molecule has 34 heavy (non-hydrogen) atoms. The number of nitrogens with zero attached hydrogens (tertiary/aromatic N) is 4. The molecule has 4 heterocycles. The molecule has 178 valence electrons. The molecule has 8 nitrogen and oxygen atoms in total. The van der Waals surface area contributed by atoms with Crippen LogP contribution < -0.4 is 15.8 Å². The number of rotatable bonds is 5. The summed E-state index contributed by atoms with van der Waals surface area (Å²) in [4.78, 5) is 29.3. The second kappa shape index (κ2) is 9.56. The highest BCUT2D eigenvalue weighted by Crippen LogP contribution is 2.32. The van der Waals surface area contributed by atoms with E-state index in [9.17, 15) is 4.79 Å². The molecule has 0 amide bonds. The summed E-state index contributed by atoms with van der Waals surface area (Å²) in [6, 6.07) is 13.8. The number of morpholine rings is 1. The molecular formula is C26H32N6O2. The number of benzene rings is 1. The summed E-state index contributed by atoms with van der Waals surface area (Å²) >= 11 is 0. The molecule has 2 aromatic heterocycles. The molecule has 0 saturated carbocycles. The maximum absolute atomic E-state index is 11.6. The first-order valence-corrected chi connectivity index (χ1v) is 12.0. The molecular weight excluding hydrogens is 428 g/mol. The van der Waals surface area contributed by atoms with Crippen LogP contribution in [0.3, 0.4) is 0 Å². The first kappa shape index (κ1) is 22.6. The minimum atomic E-state index is -0.135. The van der Waals surface area contributed by atoms with Crippen molar-refractivity contribution < 1.29 is 4.74 Å². The first-order chi connectivity index (χ1) is 16.5. The maximum Gasteiger partial charge on any atom is 0.249 e. The van der Waals surface area contributed by atoms with Crippen molar-refractivity contribution in [1.82, 2.24) is 19.9 Å².